The lowest BCUT2D eigenvalue weighted by Gasteiger charge is -1.94. The third-order valence-electron chi connectivity index (χ3n) is 0.922. The number of rotatable bonds is 3. The van der Waals surface area contributed by atoms with Crippen molar-refractivity contribution >= 4 is 10.0 Å². The monoisotopic (exact) mass is 192 g/mol. The fourth-order valence-corrected chi connectivity index (χ4v) is 1.24. The SMILES string of the molecule is O=[N+]([O-])NS(=O)(=O)c1ncc[nH]1. The standard InChI is InChI=1S/C3H4N4O4S/c8-7(9)6-12(10,11)3-4-1-2-5-3/h1-2,6H,(H,4,5). The van der Waals surface area contributed by atoms with E-state index in [1.165, 1.54) is 12.4 Å². The molecule has 0 amide bonds. The van der Waals surface area contributed by atoms with Crippen LogP contribution in [0.15, 0.2) is 17.6 Å². The second-order valence-corrected chi connectivity index (χ2v) is 3.32. The Morgan fingerprint density at radius 2 is 2.33 bits per heavy atom. The van der Waals surface area contributed by atoms with Gasteiger partial charge < -0.3 is 4.98 Å². The van der Waals surface area contributed by atoms with Crippen LogP contribution < -0.4 is 4.83 Å². The van der Waals surface area contributed by atoms with Gasteiger partial charge in [0, 0.05) is 12.4 Å². The summed E-state index contributed by atoms with van der Waals surface area (Å²) in [6.45, 7) is 0. The van der Waals surface area contributed by atoms with Gasteiger partial charge in [0.15, 0.2) is 5.03 Å². The minimum atomic E-state index is -4.13. The molecule has 1 rings (SSSR count). The van der Waals surface area contributed by atoms with E-state index in [1.54, 1.807) is 0 Å². The van der Waals surface area contributed by atoms with Crippen LogP contribution in [0.25, 0.3) is 0 Å². The predicted molar refractivity (Wildman–Crippen MR) is 35.9 cm³/mol. The average Bonchev–Trinajstić information content (AvgIpc) is 2.32. The zero-order valence-corrected chi connectivity index (χ0v) is 6.41. The smallest absolute Gasteiger partial charge is 0.334 e. The molecule has 66 valence electrons. The molecule has 0 aliphatic heterocycles. The highest BCUT2D eigenvalue weighted by Gasteiger charge is 2.21. The minimum Gasteiger partial charge on any atom is -0.334 e. The van der Waals surface area contributed by atoms with Crippen LogP contribution in [0.5, 0.6) is 0 Å². The van der Waals surface area contributed by atoms with Gasteiger partial charge in [0.05, 0.1) is 0 Å². The number of hydrogen-bond donors (Lipinski definition) is 2. The topological polar surface area (TPSA) is 118 Å². The molecule has 12 heavy (non-hydrogen) atoms. The van der Waals surface area contributed by atoms with Gasteiger partial charge in [-0.05, 0) is 4.83 Å². The number of aromatic nitrogens is 2. The van der Waals surface area contributed by atoms with Crippen molar-refractivity contribution in [2.24, 2.45) is 0 Å². The second kappa shape index (κ2) is 2.77. The molecule has 0 aliphatic carbocycles. The fraction of sp³-hybridized carbons (Fsp3) is 0. The van der Waals surface area contributed by atoms with Crippen molar-refractivity contribution in [1.82, 2.24) is 14.8 Å². The molecule has 1 aromatic heterocycles. The van der Waals surface area contributed by atoms with Crippen LogP contribution >= 0.6 is 0 Å². The molecule has 0 atom stereocenters. The molecule has 1 heterocycles. The van der Waals surface area contributed by atoms with Crippen LogP contribution in [-0.2, 0) is 10.0 Å². The van der Waals surface area contributed by atoms with E-state index in [1.807, 2.05) is 0 Å². The number of aromatic amines is 1. The highest BCUT2D eigenvalue weighted by molar-refractivity contribution is 7.89. The predicted octanol–water partition coefficient (Wildman–Crippen LogP) is -1.12. The van der Waals surface area contributed by atoms with Crippen molar-refractivity contribution in [1.29, 1.82) is 0 Å². The Hall–Kier alpha value is -1.64. The van der Waals surface area contributed by atoms with Gasteiger partial charge in [-0.15, -0.1) is 0 Å². The van der Waals surface area contributed by atoms with Gasteiger partial charge in [0.2, 0.25) is 0 Å². The molecule has 0 saturated carbocycles. The van der Waals surface area contributed by atoms with Gasteiger partial charge in [0.25, 0.3) is 5.16 Å². The normalized spacial score (nSPS) is 11.0. The number of nitro groups is 1. The Bertz CT molecular complexity index is 367. The Labute approximate surface area is 66.8 Å². The molecule has 2 N–H and O–H groups in total. The Kier molecular flexibility index (Phi) is 1.95. The summed E-state index contributed by atoms with van der Waals surface area (Å²) in [4.78, 5) is 16.5. The largest absolute Gasteiger partial charge is 0.344 e. The quantitative estimate of drug-likeness (QED) is 0.464. The van der Waals surface area contributed by atoms with Gasteiger partial charge in [-0.25, -0.2) is 15.1 Å². The number of H-pyrrole nitrogens is 1. The van der Waals surface area contributed by atoms with Crippen molar-refractivity contribution in [2.75, 3.05) is 0 Å². The van der Waals surface area contributed by atoms with Crippen molar-refractivity contribution in [3.8, 4) is 0 Å². The zero-order valence-electron chi connectivity index (χ0n) is 5.59. The molecule has 0 radical (unpaired) electrons. The van der Waals surface area contributed by atoms with Gasteiger partial charge in [-0.1, -0.05) is 0 Å². The number of hydrogen-bond acceptors (Lipinski definition) is 5. The minimum absolute atomic E-state index is 0.487. The average molecular weight is 192 g/mol. The van der Waals surface area contributed by atoms with Gasteiger partial charge in [-0.3, -0.25) is 0 Å². The van der Waals surface area contributed by atoms with Gasteiger partial charge in [-0.2, -0.15) is 8.42 Å². The summed E-state index contributed by atoms with van der Waals surface area (Å²) in [5.41, 5.74) is 0. The molecule has 0 aliphatic rings. The maximum absolute atomic E-state index is 10.9. The Morgan fingerprint density at radius 3 is 2.75 bits per heavy atom. The van der Waals surface area contributed by atoms with Crippen LogP contribution in [0, 0.1) is 10.1 Å². The van der Waals surface area contributed by atoms with Crippen LogP contribution in [0.4, 0.5) is 0 Å². The van der Waals surface area contributed by atoms with E-state index >= 15 is 0 Å². The molecule has 9 heteroatoms. The number of sulfonamides is 1. The lowest BCUT2D eigenvalue weighted by Crippen LogP contribution is -2.30. The summed E-state index contributed by atoms with van der Waals surface area (Å²) in [6, 6.07) is 0. The third kappa shape index (κ3) is 1.69. The molecule has 0 spiro atoms. The molecule has 0 unspecified atom stereocenters. The molecule has 0 saturated heterocycles. The highest BCUT2D eigenvalue weighted by atomic mass is 32.2. The third-order valence-corrected chi connectivity index (χ3v) is 2.04. The van der Waals surface area contributed by atoms with Crippen molar-refractivity contribution in [2.45, 2.75) is 5.16 Å². The van der Waals surface area contributed by atoms with E-state index in [0.717, 1.165) is 4.83 Å². The van der Waals surface area contributed by atoms with E-state index < -0.39 is 20.2 Å². The number of nitrogens with one attached hydrogen (secondary N) is 2. The lowest BCUT2D eigenvalue weighted by atomic mass is 11.0. The molecule has 8 nitrogen and oxygen atoms in total. The van der Waals surface area contributed by atoms with E-state index in [-0.39, 0.29) is 0 Å². The molecule has 0 aromatic carbocycles. The van der Waals surface area contributed by atoms with Crippen LogP contribution in [0.3, 0.4) is 0 Å². The summed E-state index contributed by atoms with van der Waals surface area (Å²) in [5.74, 6) is 0. The maximum Gasteiger partial charge on any atom is 0.344 e. The number of imidazole rings is 1. The summed E-state index contributed by atoms with van der Waals surface area (Å²) >= 11 is 0. The first-order chi connectivity index (χ1) is 5.52. The summed E-state index contributed by atoms with van der Waals surface area (Å²) in [6.07, 6.45) is 2.42. The van der Waals surface area contributed by atoms with Crippen LogP contribution in [0.2, 0.25) is 0 Å². The molecular formula is C3H4N4O4S. The summed E-state index contributed by atoms with van der Waals surface area (Å²) < 4.78 is 21.7. The van der Waals surface area contributed by atoms with Gasteiger partial charge >= 0.3 is 10.0 Å². The number of hydrazine groups is 1. The molecule has 0 fully saturated rings. The van der Waals surface area contributed by atoms with Crippen LogP contribution in [0.1, 0.15) is 0 Å². The molecule has 1 aromatic rings. The summed E-state index contributed by atoms with van der Waals surface area (Å²) in [5, 5.41) is 8.13. The lowest BCUT2D eigenvalue weighted by molar-refractivity contribution is -0.518. The first-order valence-electron chi connectivity index (χ1n) is 2.68. The number of nitrogens with zero attached hydrogens (tertiary/aromatic N) is 2. The fourth-order valence-electron chi connectivity index (χ4n) is 0.539. The van der Waals surface area contributed by atoms with Crippen molar-refractivity contribution in [3.63, 3.8) is 0 Å². The zero-order chi connectivity index (χ0) is 9.19. The highest BCUT2D eigenvalue weighted by Crippen LogP contribution is 1.97. The van der Waals surface area contributed by atoms with E-state index in [9.17, 15) is 18.5 Å². The molecular weight excluding hydrogens is 188 g/mol. The maximum atomic E-state index is 10.9. The first kappa shape index (κ1) is 8.46. The first-order valence-corrected chi connectivity index (χ1v) is 4.17. The van der Waals surface area contributed by atoms with Crippen molar-refractivity contribution < 1.29 is 13.5 Å². The molecule has 0 bridgehead atoms. The van der Waals surface area contributed by atoms with E-state index in [2.05, 4.69) is 9.97 Å². The van der Waals surface area contributed by atoms with E-state index in [0.29, 0.717) is 0 Å². The van der Waals surface area contributed by atoms with Crippen molar-refractivity contribution in [3.05, 3.63) is 22.5 Å². The second-order valence-electron chi connectivity index (χ2n) is 1.75. The Balaban J connectivity index is 2.96. The van der Waals surface area contributed by atoms with Gasteiger partial charge in [0.1, 0.15) is 0 Å². The van der Waals surface area contributed by atoms with E-state index in [4.69, 9.17) is 0 Å². The van der Waals surface area contributed by atoms with Crippen LogP contribution in [-0.4, -0.2) is 23.4 Å². The Morgan fingerprint density at radius 1 is 1.67 bits per heavy atom. The summed E-state index contributed by atoms with van der Waals surface area (Å²) in [7, 11) is -4.13.